The Balaban J connectivity index is 1.43. The van der Waals surface area contributed by atoms with Crippen LogP contribution in [0.15, 0.2) is 6.20 Å². The molecule has 0 bridgehead atoms. The molecule has 3 rings (SSSR count). The molecular formula is C25H39N5O6. The summed E-state index contributed by atoms with van der Waals surface area (Å²) in [6.45, 7) is 9.18. The van der Waals surface area contributed by atoms with E-state index in [9.17, 15) is 19.2 Å². The standard InChI is InChI=1S/C25H39N5O6/c1-5-6-7-8-21(31)26-12-9-22(32)35-17-20-27-15-19-16-29(23(33)30(19)20)18-10-13-28(14-11-18)24(34)36-25(2,3)4/h15,18H,5-14,16-17H2,1-4H3,(H,26,31). The summed E-state index contributed by atoms with van der Waals surface area (Å²) >= 11 is 0. The molecule has 2 aliphatic rings. The third-order valence-electron chi connectivity index (χ3n) is 6.26. The predicted molar refractivity (Wildman–Crippen MR) is 131 cm³/mol. The molecule has 11 heteroatoms. The Bertz CT molecular complexity index is 945. The first-order chi connectivity index (χ1) is 17.1. The van der Waals surface area contributed by atoms with Crippen LogP contribution in [0, 0.1) is 0 Å². The molecule has 0 aromatic carbocycles. The van der Waals surface area contributed by atoms with Crippen molar-refractivity contribution in [3.8, 4) is 0 Å². The van der Waals surface area contributed by atoms with Crippen molar-refractivity contribution in [2.75, 3.05) is 19.6 Å². The van der Waals surface area contributed by atoms with Gasteiger partial charge >= 0.3 is 18.1 Å². The van der Waals surface area contributed by atoms with E-state index in [0.29, 0.717) is 44.7 Å². The number of hydrogen-bond acceptors (Lipinski definition) is 7. The van der Waals surface area contributed by atoms with Crippen molar-refractivity contribution < 1.29 is 28.7 Å². The van der Waals surface area contributed by atoms with Crippen molar-refractivity contribution in [1.82, 2.24) is 24.7 Å². The quantitative estimate of drug-likeness (QED) is 0.383. The summed E-state index contributed by atoms with van der Waals surface area (Å²) in [7, 11) is 0. The molecule has 1 aromatic heterocycles. The van der Waals surface area contributed by atoms with E-state index in [1.165, 1.54) is 4.57 Å². The molecule has 3 amide bonds. The predicted octanol–water partition coefficient (Wildman–Crippen LogP) is 3.20. The van der Waals surface area contributed by atoms with Gasteiger partial charge in [0.1, 0.15) is 12.2 Å². The van der Waals surface area contributed by atoms with Gasteiger partial charge in [-0.15, -0.1) is 0 Å². The fourth-order valence-electron chi connectivity index (χ4n) is 4.36. The maximum Gasteiger partial charge on any atom is 0.410 e. The molecule has 0 unspecified atom stereocenters. The van der Waals surface area contributed by atoms with Gasteiger partial charge in [0.05, 0.1) is 24.9 Å². The maximum absolute atomic E-state index is 13.1. The summed E-state index contributed by atoms with van der Waals surface area (Å²) in [4.78, 5) is 57.0. The number of rotatable bonds is 10. The number of carbonyl (C=O) groups excluding carboxylic acids is 4. The Morgan fingerprint density at radius 1 is 1.14 bits per heavy atom. The summed E-state index contributed by atoms with van der Waals surface area (Å²) in [6.07, 6.45) is 6.04. The van der Waals surface area contributed by atoms with Gasteiger partial charge in [0.25, 0.3) is 0 Å². The number of esters is 1. The van der Waals surface area contributed by atoms with Gasteiger partial charge in [0, 0.05) is 32.1 Å². The number of nitrogens with zero attached hydrogens (tertiary/aromatic N) is 4. The molecule has 0 spiro atoms. The number of ether oxygens (including phenoxy) is 2. The van der Waals surface area contributed by atoms with Crippen LogP contribution in [0.2, 0.25) is 0 Å². The summed E-state index contributed by atoms with van der Waals surface area (Å²) in [5, 5.41) is 2.72. The highest BCUT2D eigenvalue weighted by atomic mass is 16.6. The van der Waals surface area contributed by atoms with Crippen LogP contribution in [0.3, 0.4) is 0 Å². The fraction of sp³-hybridized carbons (Fsp3) is 0.720. The second-order valence-electron chi connectivity index (χ2n) is 10.3. The average molecular weight is 506 g/mol. The zero-order valence-corrected chi connectivity index (χ0v) is 21.9. The molecule has 1 aromatic rings. The van der Waals surface area contributed by atoms with Gasteiger partial charge in [-0.2, -0.15) is 0 Å². The van der Waals surface area contributed by atoms with Gasteiger partial charge in [0.2, 0.25) is 5.91 Å². The largest absolute Gasteiger partial charge is 0.457 e. The monoisotopic (exact) mass is 505 g/mol. The smallest absolute Gasteiger partial charge is 0.410 e. The number of imidazole rings is 1. The van der Waals surface area contributed by atoms with E-state index in [2.05, 4.69) is 17.2 Å². The van der Waals surface area contributed by atoms with E-state index in [4.69, 9.17) is 9.47 Å². The molecule has 0 atom stereocenters. The minimum absolute atomic E-state index is 0.00687. The van der Waals surface area contributed by atoms with Gasteiger partial charge in [-0.05, 0) is 40.0 Å². The van der Waals surface area contributed by atoms with Crippen LogP contribution in [0.4, 0.5) is 9.59 Å². The van der Waals surface area contributed by atoms with E-state index in [0.717, 1.165) is 25.0 Å². The first-order valence-corrected chi connectivity index (χ1v) is 12.9. The zero-order valence-electron chi connectivity index (χ0n) is 21.9. The maximum atomic E-state index is 13.1. The third-order valence-corrected chi connectivity index (χ3v) is 6.26. The molecule has 1 saturated heterocycles. The minimum atomic E-state index is -0.544. The Hall–Kier alpha value is -3.11. The summed E-state index contributed by atoms with van der Waals surface area (Å²) in [5.41, 5.74) is 0.206. The lowest BCUT2D eigenvalue weighted by atomic mass is 10.0. The third kappa shape index (κ3) is 7.44. The number of unbranched alkanes of at least 4 members (excludes halogenated alkanes) is 2. The summed E-state index contributed by atoms with van der Waals surface area (Å²) in [5.74, 6) is -0.149. The van der Waals surface area contributed by atoms with Crippen LogP contribution in [-0.2, 0) is 32.2 Å². The van der Waals surface area contributed by atoms with Gasteiger partial charge in [-0.3, -0.25) is 9.59 Å². The fourth-order valence-corrected chi connectivity index (χ4v) is 4.36. The lowest BCUT2D eigenvalue weighted by Crippen LogP contribution is -2.48. The number of likely N-dealkylation sites (tertiary alicyclic amines) is 1. The number of nitrogens with one attached hydrogen (secondary N) is 1. The number of carbonyl (C=O) groups is 4. The van der Waals surface area contributed by atoms with Gasteiger partial charge < -0.3 is 24.6 Å². The van der Waals surface area contributed by atoms with Crippen molar-refractivity contribution in [3.05, 3.63) is 17.7 Å². The summed E-state index contributed by atoms with van der Waals surface area (Å²) < 4.78 is 12.2. The highest BCUT2D eigenvalue weighted by Crippen LogP contribution is 2.27. The second kappa shape index (κ2) is 12.2. The van der Waals surface area contributed by atoms with E-state index in [-0.39, 0.29) is 43.6 Å². The lowest BCUT2D eigenvalue weighted by molar-refractivity contribution is -0.145. The molecule has 36 heavy (non-hydrogen) atoms. The normalized spacial score (nSPS) is 16.2. The van der Waals surface area contributed by atoms with Crippen LogP contribution in [0.25, 0.3) is 0 Å². The van der Waals surface area contributed by atoms with E-state index in [1.807, 2.05) is 20.8 Å². The molecule has 0 radical (unpaired) electrons. The van der Waals surface area contributed by atoms with E-state index < -0.39 is 11.6 Å². The average Bonchev–Trinajstić information content (AvgIpc) is 3.37. The minimum Gasteiger partial charge on any atom is -0.457 e. The highest BCUT2D eigenvalue weighted by Gasteiger charge is 2.37. The second-order valence-corrected chi connectivity index (χ2v) is 10.3. The van der Waals surface area contributed by atoms with Crippen molar-refractivity contribution in [2.24, 2.45) is 0 Å². The molecule has 11 nitrogen and oxygen atoms in total. The molecule has 3 heterocycles. The molecule has 2 aliphatic heterocycles. The molecule has 1 fully saturated rings. The van der Waals surface area contributed by atoms with Crippen LogP contribution in [-0.4, -0.2) is 74.6 Å². The Morgan fingerprint density at radius 2 is 1.86 bits per heavy atom. The first-order valence-electron chi connectivity index (χ1n) is 12.9. The molecular weight excluding hydrogens is 466 g/mol. The number of piperidine rings is 1. The number of amides is 3. The SMILES string of the molecule is CCCCCC(=O)NCCC(=O)OCc1ncc2n1C(=O)N(C1CCN(C(=O)OC(C)(C)C)CC1)C2. The Kier molecular flexibility index (Phi) is 9.33. The number of hydrogen-bond donors (Lipinski definition) is 1. The number of aromatic nitrogens is 2. The Morgan fingerprint density at radius 3 is 2.53 bits per heavy atom. The van der Waals surface area contributed by atoms with Crippen LogP contribution < -0.4 is 5.32 Å². The first kappa shape index (κ1) is 27.5. The highest BCUT2D eigenvalue weighted by molar-refractivity contribution is 5.81. The molecule has 0 saturated carbocycles. The zero-order chi connectivity index (χ0) is 26.3. The summed E-state index contributed by atoms with van der Waals surface area (Å²) in [6, 6.07) is -0.184. The molecule has 200 valence electrons. The molecule has 0 aliphatic carbocycles. The van der Waals surface area contributed by atoms with E-state index >= 15 is 0 Å². The van der Waals surface area contributed by atoms with Gasteiger partial charge in [-0.1, -0.05) is 19.8 Å². The Labute approximate surface area is 212 Å². The number of fused-ring (bicyclic) bond motifs is 1. The topological polar surface area (TPSA) is 123 Å². The van der Waals surface area contributed by atoms with Crippen LogP contribution >= 0.6 is 0 Å². The van der Waals surface area contributed by atoms with Crippen molar-refractivity contribution in [1.29, 1.82) is 0 Å². The van der Waals surface area contributed by atoms with Gasteiger partial charge in [0.15, 0.2) is 5.82 Å². The van der Waals surface area contributed by atoms with Gasteiger partial charge in [-0.25, -0.2) is 19.1 Å². The lowest BCUT2D eigenvalue weighted by Gasteiger charge is -2.36. The van der Waals surface area contributed by atoms with Crippen LogP contribution in [0.5, 0.6) is 0 Å². The van der Waals surface area contributed by atoms with E-state index in [1.54, 1.807) is 16.0 Å². The van der Waals surface area contributed by atoms with Crippen LogP contribution in [0.1, 0.15) is 84.2 Å². The van der Waals surface area contributed by atoms with Crippen molar-refractivity contribution in [3.63, 3.8) is 0 Å². The van der Waals surface area contributed by atoms with Crippen molar-refractivity contribution in [2.45, 2.75) is 97.4 Å². The van der Waals surface area contributed by atoms with Crippen molar-refractivity contribution >= 4 is 24.0 Å². The molecule has 1 N–H and O–H groups in total.